The van der Waals surface area contributed by atoms with Crippen LogP contribution in [0.2, 0.25) is 0 Å². The molecule has 0 bridgehead atoms. The van der Waals surface area contributed by atoms with Crippen LogP contribution < -0.4 is 9.80 Å². The first-order valence-corrected chi connectivity index (χ1v) is 17.7. The van der Waals surface area contributed by atoms with Gasteiger partial charge >= 0.3 is 0 Å². The van der Waals surface area contributed by atoms with Crippen LogP contribution in [0.1, 0.15) is 22.4 Å². The molecule has 4 nitrogen and oxygen atoms in total. The van der Waals surface area contributed by atoms with E-state index < -0.39 is 0 Å². The van der Waals surface area contributed by atoms with E-state index in [2.05, 4.69) is 181 Å². The predicted molar refractivity (Wildman–Crippen MR) is 221 cm³/mol. The van der Waals surface area contributed by atoms with Crippen molar-refractivity contribution in [1.29, 1.82) is 5.26 Å². The summed E-state index contributed by atoms with van der Waals surface area (Å²) in [6.45, 7) is 2.09. The number of nitrogens with zero attached hydrogens (tertiary/aromatic N) is 4. The van der Waals surface area contributed by atoms with Crippen LogP contribution in [0.3, 0.4) is 0 Å². The summed E-state index contributed by atoms with van der Waals surface area (Å²) < 4.78 is 0. The first kappa shape index (κ1) is 33.0. The Kier molecular flexibility index (Phi) is 9.29. The van der Waals surface area contributed by atoms with Gasteiger partial charge in [-0.2, -0.15) is 5.26 Å². The molecule has 0 aliphatic carbocycles. The molecule has 0 aliphatic heterocycles. The van der Waals surface area contributed by atoms with E-state index in [0.29, 0.717) is 5.56 Å². The van der Waals surface area contributed by atoms with E-state index in [0.717, 1.165) is 56.5 Å². The van der Waals surface area contributed by atoms with Crippen LogP contribution in [-0.4, -0.2) is 4.98 Å². The van der Waals surface area contributed by atoms with E-state index in [4.69, 9.17) is 4.98 Å². The smallest absolute Gasteiger partial charge is 0.0991 e. The molecule has 7 aromatic carbocycles. The lowest BCUT2D eigenvalue weighted by atomic mass is 9.99. The molecule has 0 aliphatic rings. The third kappa shape index (κ3) is 7.32. The molecule has 0 spiro atoms. The third-order valence-corrected chi connectivity index (χ3v) is 9.37. The highest BCUT2D eigenvalue weighted by Gasteiger charge is 2.14. The van der Waals surface area contributed by atoms with Gasteiger partial charge in [-0.1, -0.05) is 96.6 Å². The van der Waals surface area contributed by atoms with Crippen molar-refractivity contribution < 1.29 is 0 Å². The molecule has 0 atom stereocenters. The Balaban J connectivity index is 1.00. The highest BCUT2D eigenvalue weighted by atomic mass is 15.1. The van der Waals surface area contributed by atoms with Crippen molar-refractivity contribution in [3.05, 3.63) is 211 Å². The minimum absolute atomic E-state index is 0.643. The lowest BCUT2D eigenvalue weighted by Gasteiger charge is -2.26. The number of fused-ring (bicyclic) bond motifs is 1. The Bertz CT molecular complexity index is 2500. The standard InChI is InChI=1S/C49H36N4/c1-36-12-25-46(26-13-36)52(47-27-16-38(34-50)17-28-47)48-29-21-39(22-30-48)41-20-19-40-32-37(14-18-42(40)33-41)15-23-43-24-31-49(35-51-43)53(44-8-4-2-5-9-44)45-10-6-3-7-11-45/h2-33,35H,1H3. The van der Waals surface area contributed by atoms with Crippen LogP contribution in [0, 0.1) is 18.3 Å². The second-order valence-corrected chi connectivity index (χ2v) is 13.0. The summed E-state index contributed by atoms with van der Waals surface area (Å²) in [4.78, 5) is 9.22. The van der Waals surface area contributed by atoms with Crippen molar-refractivity contribution in [2.24, 2.45) is 0 Å². The Morgan fingerprint density at radius 3 is 1.58 bits per heavy atom. The molecule has 1 aromatic heterocycles. The van der Waals surface area contributed by atoms with Crippen molar-refractivity contribution in [3.63, 3.8) is 0 Å². The number of aryl methyl sites for hydroxylation is 1. The molecule has 0 unspecified atom stereocenters. The lowest BCUT2D eigenvalue weighted by molar-refractivity contribution is 1.22. The maximum atomic E-state index is 9.33. The quantitative estimate of drug-likeness (QED) is 0.152. The summed E-state index contributed by atoms with van der Waals surface area (Å²) in [5.41, 5.74) is 12.5. The second-order valence-electron chi connectivity index (χ2n) is 13.0. The van der Waals surface area contributed by atoms with Crippen molar-refractivity contribution in [1.82, 2.24) is 4.98 Å². The van der Waals surface area contributed by atoms with Gasteiger partial charge in [-0.05, 0) is 138 Å². The molecule has 252 valence electrons. The minimum atomic E-state index is 0.643. The molecule has 53 heavy (non-hydrogen) atoms. The van der Waals surface area contributed by atoms with Gasteiger partial charge in [-0.3, -0.25) is 4.98 Å². The third-order valence-electron chi connectivity index (χ3n) is 9.37. The number of para-hydroxylation sites is 2. The highest BCUT2D eigenvalue weighted by molar-refractivity contribution is 5.90. The fourth-order valence-electron chi connectivity index (χ4n) is 6.59. The summed E-state index contributed by atoms with van der Waals surface area (Å²) in [5, 5.41) is 11.7. The molecule has 0 amide bonds. The van der Waals surface area contributed by atoms with Gasteiger partial charge in [-0.15, -0.1) is 0 Å². The Morgan fingerprint density at radius 1 is 0.472 bits per heavy atom. The normalized spacial score (nSPS) is 11.0. The Labute approximate surface area is 310 Å². The summed E-state index contributed by atoms with van der Waals surface area (Å²) in [5.74, 6) is 0. The number of hydrogen-bond acceptors (Lipinski definition) is 4. The maximum absolute atomic E-state index is 9.33. The van der Waals surface area contributed by atoms with Crippen molar-refractivity contribution in [2.75, 3.05) is 9.80 Å². The number of pyridine rings is 1. The Morgan fingerprint density at radius 2 is 0.981 bits per heavy atom. The van der Waals surface area contributed by atoms with Crippen molar-refractivity contribution >= 4 is 57.0 Å². The SMILES string of the molecule is Cc1ccc(N(c2ccc(C#N)cc2)c2ccc(-c3ccc4cc(C=Cc5ccc(N(c6ccccc6)c6ccccc6)cn5)ccc4c3)cc2)cc1. The summed E-state index contributed by atoms with van der Waals surface area (Å²) in [6, 6.07) is 65.2. The number of aromatic nitrogens is 1. The number of anilines is 6. The average molecular weight is 681 g/mol. The number of benzene rings is 7. The number of rotatable bonds is 9. The minimum Gasteiger partial charge on any atom is -0.311 e. The van der Waals surface area contributed by atoms with E-state index in [-0.39, 0.29) is 0 Å². The summed E-state index contributed by atoms with van der Waals surface area (Å²) in [7, 11) is 0. The van der Waals surface area contributed by atoms with Gasteiger partial charge in [0.2, 0.25) is 0 Å². The van der Waals surface area contributed by atoms with Crippen molar-refractivity contribution in [2.45, 2.75) is 6.92 Å². The van der Waals surface area contributed by atoms with Gasteiger partial charge in [0.25, 0.3) is 0 Å². The molecule has 4 heteroatoms. The second kappa shape index (κ2) is 14.9. The van der Waals surface area contributed by atoms with Gasteiger partial charge < -0.3 is 9.80 Å². The molecular weight excluding hydrogens is 645 g/mol. The predicted octanol–water partition coefficient (Wildman–Crippen LogP) is 13.2. The fraction of sp³-hybridized carbons (Fsp3) is 0.0204. The summed E-state index contributed by atoms with van der Waals surface area (Å²) in [6.07, 6.45) is 6.11. The van der Waals surface area contributed by atoms with E-state index >= 15 is 0 Å². The largest absolute Gasteiger partial charge is 0.311 e. The van der Waals surface area contributed by atoms with Crippen LogP contribution in [0.15, 0.2) is 188 Å². The molecular formula is C49H36N4. The maximum Gasteiger partial charge on any atom is 0.0991 e. The number of hydrogen-bond donors (Lipinski definition) is 0. The highest BCUT2D eigenvalue weighted by Crippen LogP contribution is 2.37. The van der Waals surface area contributed by atoms with Gasteiger partial charge in [0, 0.05) is 28.4 Å². The van der Waals surface area contributed by atoms with E-state index in [1.807, 2.05) is 42.6 Å². The fourth-order valence-corrected chi connectivity index (χ4v) is 6.59. The molecule has 0 saturated carbocycles. The first-order valence-electron chi connectivity index (χ1n) is 17.7. The average Bonchev–Trinajstić information content (AvgIpc) is 3.22. The van der Waals surface area contributed by atoms with E-state index in [9.17, 15) is 5.26 Å². The lowest BCUT2D eigenvalue weighted by Crippen LogP contribution is -2.09. The zero-order valence-corrected chi connectivity index (χ0v) is 29.3. The zero-order chi connectivity index (χ0) is 36.0. The first-order chi connectivity index (χ1) is 26.1. The van der Waals surface area contributed by atoms with E-state index in [1.165, 1.54) is 16.3 Å². The van der Waals surface area contributed by atoms with Gasteiger partial charge in [0.05, 0.1) is 29.2 Å². The molecule has 8 rings (SSSR count). The van der Waals surface area contributed by atoms with Crippen LogP contribution in [-0.2, 0) is 0 Å². The summed E-state index contributed by atoms with van der Waals surface area (Å²) >= 11 is 0. The van der Waals surface area contributed by atoms with Crippen LogP contribution in [0.5, 0.6) is 0 Å². The molecule has 1 heterocycles. The monoisotopic (exact) mass is 680 g/mol. The molecule has 0 radical (unpaired) electrons. The number of nitriles is 1. The molecule has 0 fully saturated rings. The molecule has 0 N–H and O–H groups in total. The van der Waals surface area contributed by atoms with Gasteiger partial charge in [0.1, 0.15) is 0 Å². The van der Waals surface area contributed by atoms with Gasteiger partial charge in [-0.25, -0.2) is 0 Å². The topological polar surface area (TPSA) is 43.2 Å². The van der Waals surface area contributed by atoms with Crippen LogP contribution in [0.25, 0.3) is 34.1 Å². The van der Waals surface area contributed by atoms with Crippen molar-refractivity contribution in [3.8, 4) is 17.2 Å². The zero-order valence-electron chi connectivity index (χ0n) is 29.3. The van der Waals surface area contributed by atoms with Gasteiger partial charge in [0.15, 0.2) is 0 Å². The van der Waals surface area contributed by atoms with Crippen LogP contribution in [0.4, 0.5) is 34.1 Å². The van der Waals surface area contributed by atoms with E-state index in [1.54, 1.807) is 0 Å². The molecule has 0 saturated heterocycles. The Hall–Kier alpha value is -7.22. The molecule has 8 aromatic rings. The van der Waals surface area contributed by atoms with Crippen LogP contribution >= 0.6 is 0 Å².